The maximum absolute atomic E-state index is 12.3. The van der Waals surface area contributed by atoms with Crippen molar-refractivity contribution in [3.8, 4) is 0 Å². The Morgan fingerprint density at radius 1 is 1.35 bits per heavy atom. The smallest absolute Gasteiger partial charge is 0.410 e. The molecule has 0 bridgehead atoms. The molecular weight excluding hydrogens is 288 g/mol. The van der Waals surface area contributed by atoms with Crippen LogP contribution in [0.25, 0.3) is 0 Å². The molecule has 0 saturated carbocycles. The zero-order chi connectivity index (χ0) is 16.7. The molecule has 1 spiro atoms. The van der Waals surface area contributed by atoms with Crippen molar-refractivity contribution in [2.75, 3.05) is 19.6 Å². The number of likely N-dealkylation sites (tertiary alicyclic amines) is 1. The van der Waals surface area contributed by atoms with Crippen molar-refractivity contribution in [2.24, 2.45) is 16.3 Å². The normalized spacial score (nSPS) is 26.4. The molecule has 1 aliphatic carbocycles. The van der Waals surface area contributed by atoms with Gasteiger partial charge < -0.3 is 9.64 Å². The molecular formula is C19H28N2O2. The van der Waals surface area contributed by atoms with E-state index in [0.29, 0.717) is 5.92 Å². The van der Waals surface area contributed by atoms with Crippen LogP contribution in [-0.4, -0.2) is 41.9 Å². The number of piperidine rings is 1. The van der Waals surface area contributed by atoms with Crippen molar-refractivity contribution >= 4 is 11.8 Å². The van der Waals surface area contributed by atoms with Gasteiger partial charge in [-0.25, -0.2) is 4.79 Å². The van der Waals surface area contributed by atoms with E-state index in [0.717, 1.165) is 38.9 Å². The molecule has 1 unspecified atom stereocenters. The molecule has 0 N–H and O–H groups in total. The molecule has 0 aromatic rings. The molecule has 126 valence electrons. The minimum absolute atomic E-state index is 0.136. The van der Waals surface area contributed by atoms with Gasteiger partial charge in [0.15, 0.2) is 0 Å². The Morgan fingerprint density at radius 3 is 2.70 bits per heavy atom. The molecule has 1 fully saturated rings. The third-order valence-corrected chi connectivity index (χ3v) is 5.01. The van der Waals surface area contributed by atoms with Crippen LogP contribution in [0.1, 0.15) is 47.0 Å². The molecule has 1 saturated heterocycles. The van der Waals surface area contributed by atoms with Crippen LogP contribution in [-0.2, 0) is 4.74 Å². The van der Waals surface area contributed by atoms with Gasteiger partial charge >= 0.3 is 6.09 Å². The minimum Gasteiger partial charge on any atom is -0.444 e. The fourth-order valence-corrected chi connectivity index (χ4v) is 3.70. The van der Waals surface area contributed by atoms with Gasteiger partial charge in [-0.05, 0) is 57.6 Å². The van der Waals surface area contributed by atoms with Crippen LogP contribution in [0.3, 0.4) is 0 Å². The number of nitrogens with zero attached hydrogens (tertiary/aromatic N) is 2. The minimum atomic E-state index is -0.431. The van der Waals surface area contributed by atoms with E-state index >= 15 is 0 Å². The summed E-state index contributed by atoms with van der Waals surface area (Å²) in [5.74, 6) is 0.563. The average molecular weight is 316 g/mol. The standard InChI is InChI=1S/C19H28N2O2/c1-14-6-5-7-16-15(12-14)19(13-20-16)8-10-21(11-9-19)17(22)23-18(2,3)4/h5,7,12,14H,6,8-11,13H2,1-4H3. The van der Waals surface area contributed by atoms with Gasteiger partial charge in [-0.2, -0.15) is 0 Å². The number of allylic oxidation sites excluding steroid dienone is 3. The summed E-state index contributed by atoms with van der Waals surface area (Å²) in [6.45, 7) is 10.4. The van der Waals surface area contributed by atoms with Crippen LogP contribution in [0, 0.1) is 11.3 Å². The van der Waals surface area contributed by atoms with Crippen molar-refractivity contribution < 1.29 is 9.53 Å². The van der Waals surface area contributed by atoms with E-state index < -0.39 is 5.60 Å². The Balaban J connectivity index is 1.69. The highest BCUT2D eigenvalue weighted by Gasteiger charge is 2.44. The van der Waals surface area contributed by atoms with Gasteiger partial charge in [0.25, 0.3) is 0 Å². The Labute approximate surface area is 139 Å². The van der Waals surface area contributed by atoms with Gasteiger partial charge in [-0.15, -0.1) is 0 Å². The quantitative estimate of drug-likeness (QED) is 0.678. The molecule has 3 aliphatic rings. The molecule has 0 aromatic carbocycles. The van der Waals surface area contributed by atoms with E-state index in [2.05, 4.69) is 25.2 Å². The van der Waals surface area contributed by atoms with E-state index in [4.69, 9.17) is 9.73 Å². The van der Waals surface area contributed by atoms with E-state index in [-0.39, 0.29) is 11.5 Å². The Hall–Kier alpha value is -1.58. The lowest BCUT2D eigenvalue weighted by Crippen LogP contribution is -2.46. The molecule has 1 amide bonds. The predicted octanol–water partition coefficient (Wildman–Crippen LogP) is 3.98. The highest BCUT2D eigenvalue weighted by Crippen LogP contribution is 2.45. The second kappa shape index (κ2) is 5.81. The lowest BCUT2D eigenvalue weighted by atomic mass is 9.72. The van der Waals surface area contributed by atoms with Crippen molar-refractivity contribution in [3.63, 3.8) is 0 Å². The van der Waals surface area contributed by atoms with Gasteiger partial charge in [0.2, 0.25) is 0 Å². The fraction of sp³-hybridized carbons (Fsp3) is 0.684. The first-order chi connectivity index (χ1) is 10.8. The molecule has 4 heteroatoms. The molecule has 1 atom stereocenters. The third-order valence-electron chi connectivity index (χ3n) is 5.01. The van der Waals surface area contributed by atoms with Crippen LogP contribution < -0.4 is 0 Å². The maximum Gasteiger partial charge on any atom is 0.410 e. The molecule has 0 aromatic heterocycles. The highest BCUT2D eigenvalue weighted by atomic mass is 16.6. The molecule has 0 radical (unpaired) electrons. The Morgan fingerprint density at radius 2 is 2.04 bits per heavy atom. The first-order valence-corrected chi connectivity index (χ1v) is 8.71. The van der Waals surface area contributed by atoms with Crippen LogP contribution in [0.4, 0.5) is 4.79 Å². The van der Waals surface area contributed by atoms with Gasteiger partial charge in [-0.1, -0.05) is 19.1 Å². The van der Waals surface area contributed by atoms with Crippen LogP contribution >= 0.6 is 0 Å². The first kappa shape index (κ1) is 16.3. The number of hydrogen-bond donors (Lipinski definition) is 0. The van der Waals surface area contributed by atoms with Gasteiger partial charge in [0, 0.05) is 25.0 Å². The number of rotatable bonds is 0. The monoisotopic (exact) mass is 316 g/mol. The number of fused-ring (bicyclic) bond motifs is 2. The Bertz CT molecular complexity index is 573. The zero-order valence-corrected chi connectivity index (χ0v) is 14.8. The summed E-state index contributed by atoms with van der Waals surface area (Å²) in [6.07, 6.45) is 9.69. The summed E-state index contributed by atoms with van der Waals surface area (Å²) in [5, 5.41) is 0. The van der Waals surface area contributed by atoms with E-state index in [9.17, 15) is 4.79 Å². The number of aliphatic imine (C=N–C) groups is 1. The highest BCUT2D eigenvalue weighted by molar-refractivity contribution is 6.11. The summed E-state index contributed by atoms with van der Waals surface area (Å²) in [6, 6.07) is 0. The molecule has 2 aliphatic heterocycles. The predicted molar refractivity (Wildman–Crippen MR) is 92.8 cm³/mol. The first-order valence-electron chi connectivity index (χ1n) is 8.71. The average Bonchev–Trinajstić information content (AvgIpc) is 2.66. The van der Waals surface area contributed by atoms with Crippen LogP contribution in [0.15, 0.2) is 28.8 Å². The van der Waals surface area contributed by atoms with Crippen LogP contribution in [0.2, 0.25) is 0 Å². The van der Waals surface area contributed by atoms with Crippen molar-refractivity contribution in [1.29, 1.82) is 0 Å². The van der Waals surface area contributed by atoms with Gasteiger partial charge in [0.1, 0.15) is 5.60 Å². The number of hydrogen-bond acceptors (Lipinski definition) is 3. The fourth-order valence-electron chi connectivity index (χ4n) is 3.70. The summed E-state index contributed by atoms with van der Waals surface area (Å²) in [7, 11) is 0. The molecule has 2 heterocycles. The van der Waals surface area contributed by atoms with E-state index in [1.165, 1.54) is 11.3 Å². The number of carbonyl (C=O) groups excluding carboxylic acids is 1. The lowest BCUT2D eigenvalue weighted by molar-refractivity contribution is 0.0148. The molecule has 23 heavy (non-hydrogen) atoms. The summed E-state index contributed by atoms with van der Waals surface area (Å²) in [5.41, 5.74) is 2.29. The van der Waals surface area contributed by atoms with Crippen LogP contribution in [0.5, 0.6) is 0 Å². The summed E-state index contributed by atoms with van der Waals surface area (Å²) in [4.78, 5) is 18.9. The van der Waals surface area contributed by atoms with Crippen molar-refractivity contribution in [1.82, 2.24) is 4.90 Å². The summed E-state index contributed by atoms with van der Waals surface area (Å²) >= 11 is 0. The lowest BCUT2D eigenvalue weighted by Gasteiger charge is -2.40. The second-order valence-corrected chi connectivity index (χ2v) is 8.14. The number of ether oxygens (including phenoxy) is 1. The topological polar surface area (TPSA) is 41.9 Å². The summed E-state index contributed by atoms with van der Waals surface area (Å²) < 4.78 is 5.50. The van der Waals surface area contributed by atoms with Gasteiger partial charge in [-0.3, -0.25) is 4.99 Å². The molecule has 4 nitrogen and oxygen atoms in total. The maximum atomic E-state index is 12.3. The molecule has 3 rings (SSSR count). The zero-order valence-electron chi connectivity index (χ0n) is 14.8. The van der Waals surface area contributed by atoms with Crippen molar-refractivity contribution in [2.45, 2.75) is 52.6 Å². The van der Waals surface area contributed by atoms with E-state index in [1.807, 2.05) is 25.7 Å². The number of carbonyl (C=O) groups is 1. The van der Waals surface area contributed by atoms with E-state index in [1.54, 1.807) is 0 Å². The van der Waals surface area contributed by atoms with Crippen molar-refractivity contribution in [3.05, 3.63) is 23.8 Å². The van der Waals surface area contributed by atoms with Gasteiger partial charge in [0.05, 0.1) is 5.71 Å². The second-order valence-electron chi connectivity index (χ2n) is 8.14. The number of amides is 1. The largest absolute Gasteiger partial charge is 0.444 e. The third kappa shape index (κ3) is 3.36. The SMILES string of the molecule is CC1C=C2C(=NCC23CCN(C(=O)OC(C)(C)C)CC3)C=CC1. The Kier molecular flexibility index (Phi) is 4.11.